The number of fused-ring (bicyclic) bond motifs is 1. The van der Waals surface area contributed by atoms with Crippen molar-refractivity contribution in [3.8, 4) is 11.5 Å². The van der Waals surface area contributed by atoms with E-state index < -0.39 is 0 Å². The molecule has 0 heterocycles. The first-order chi connectivity index (χ1) is 19.0. The monoisotopic (exact) mass is 534 g/mol. The van der Waals surface area contributed by atoms with Crippen LogP contribution in [-0.4, -0.2) is 12.1 Å². The highest BCUT2D eigenvalue weighted by Gasteiger charge is 2.09. The van der Waals surface area contributed by atoms with E-state index in [0.717, 1.165) is 27.5 Å². The number of hydrogen-bond donors (Lipinski definition) is 1. The largest absolute Gasteiger partial charge is 0.489 e. The van der Waals surface area contributed by atoms with Crippen LogP contribution in [0.3, 0.4) is 0 Å². The van der Waals surface area contributed by atoms with Crippen LogP contribution in [0.1, 0.15) is 32.6 Å². The summed E-state index contributed by atoms with van der Waals surface area (Å²) in [7, 11) is 0. The molecule has 0 atom stereocenters. The first kappa shape index (κ1) is 26.0. The van der Waals surface area contributed by atoms with Gasteiger partial charge in [0.1, 0.15) is 24.7 Å². The lowest BCUT2D eigenvalue weighted by atomic mass is 10.0. The lowest BCUT2D eigenvalue weighted by Crippen LogP contribution is -2.17. The molecule has 0 aliphatic heterocycles. The summed E-state index contributed by atoms with van der Waals surface area (Å²) in [6.45, 7) is 2.89. The van der Waals surface area contributed by atoms with E-state index in [1.54, 1.807) is 30.5 Å². The van der Waals surface area contributed by atoms with Crippen molar-refractivity contribution in [3.63, 3.8) is 0 Å². The Morgan fingerprint density at radius 2 is 1.46 bits per heavy atom. The van der Waals surface area contributed by atoms with E-state index in [4.69, 9.17) is 21.1 Å². The normalized spacial score (nSPS) is 11.0. The Kier molecular flexibility index (Phi) is 8.20. The molecule has 1 amide bonds. The smallest absolute Gasteiger partial charge is 0.271 e. The number of carbonyl (C=O) groups is 1. The first-order valence-corrected chi connectivity index (χ1v) is 12.9. The SMILES string of the molecule is Cc1ccc(COc2ccc(C(=O)NN=Cc3c(OCc4ccc(Cl)cc4)ccc4ccccc34)cc2)cc1. The summed E-state index contributed by atoms with van der Waals surface area (Å²) in [5.41, 5.74) is 7.17. The third kappa shape index (κ3) is 6.83. The van der Waals surface area contributed by atoms with Crippen LogP contribution in [0, 0.1) is 6.92 Å². The van der Waals surface area contributed by atoms with E-state index in [2.05, 4.69) is 29.6 Å². The van der Waals surface area contributed by atoms with Gasteiger partial charge in [0.05, 0.1) is 6.21 Å². The number of rotatable bonds is 9. The molecular weight excluding hydrogens is 508 g/mol. The van der Waals surface area contributed by atoms with Crippen molar-refractivity contribution in [3.05, 3.63) is 142 Å². The molecule has 5 aromatic carbocycles. The summed E-state index contributed by atoms with van der Waals surface area (Å²) in [6.07, 6.45) is 1.62. The summed E-state index contributed by atoms with van der Waals surface area (Å²) in [6, 6.07) is 34.6. The first-order valence-electron chi connectivity index (χ1n) is 12.6. The molecule has 0 bridgehead atoms. The van der Waals surface area contributed by atoms with Gasteiger partial charge in [-0.05, 0) is 71.3 Å². The molecule has 0 saturated heterocycles. The number of amides is 1. The van der Waals surface area contributed by atoms with Gasteiger partial charge in [-0.3, -0.25) is 4.79 Å². The van der Waals surface area contributed by atoms with E-state index in [0.29, 0.717) is 35.3 Å². The van der Waals surface area contributed by atoms with Gasteiger partial charge in [0, 0.05) is 16.1 Å². The zero-order valence-corrected chi connectivity index (χ0v) is 22.2. The fraction of sp³-hybridized carbons (Fsp3) is 0.0909. The number of hydrogen-bond acceptors (Lipinski definition) is 4. The van der Waals surface area contributed by atoms with Crippen molar-refractivity contribution in [1.82, 2.24) is 5.43 Å². The van der Waals surface area contributed by atoms with Crippen LogP contribution < -0.4 is 14.9 Å². The Bertz CT molecular complexity index is 1600. The zero-order chi connectivity index (χ0) is 27.0. The summed E-state index contributed by atoms with van der Waals surface area (Å²) >= 11 is 6.00. The van der Waals surface area contributed by atoms with Gasteiger partial charge in [0.2, 0.25) is 0 Å². The Morgan fingerprint density at radius 1 is 0.795 bits per heavy atom. The van der Waals surface area contributed by atoms with Crippen LogP contribution in [-0.2, 0) is 13.2 Å². The van der Waals surface area contributed by atoms with Crippen molar-refractivity contribution < 1.29 is 14.3 Å². The number of aryl methyl sites for hydroxylation is 1. The van der Waals surface area contributed by atoms with Gasteiger partial charge in [-0.2, -0.15) is 5.10 Å². The highest BCUT2D eigenvalue weighted by atomic mass is 35.5. The molecule has 0 aliphatic carbocycles. The lowest BCUT2D eigenvalue weighted by molar-refractivity contribution is 0.0955. The van der Waals surface area contributed by atoms with Crippen molar-refractivity contribution in [2.24, 2.45) is 5.10 Å². The second-order valence-corrected chi connectivity index (χ2v) is 9.55. The minimum Gasteiger partial charge on any atom is -0.489 e. The van der Waals surface area contributed by atoms with Crippen molar-refractivity contribution >= 4 is 34.5 Å². The van der Waals surface area contributed by atoms with Crippen LogP contribution in [0.4, 0.5) is 0 Å². The number of hydrazone groups is 1. The average Bonchev–Trinajstić information content (AvgIpc) is 2.97. The van der Waals surface area contributed by atoms with E-state index in [-0.39, 0.29) is 5.91 Å². The zero-order valence-electron chi connectivity index (χ0n) is 21.4. The van der Waals surface area contributed by atoms with E-state index in [9.17, 15) is 4.79 Å². The molecule has 1 N–H and O–H groups in total. The minimum absolute atomic E-state index is 0.319. The molecule has 5 rings (SSSR count). The van der Waals surface area contributed by atoms with Gasteiger partial charge in [-0.1, -0.05) is 83.9 Å². The van der Waals surface area contributed by atoms with Gasteiger partial charge < -0.3 is 9.47 Å². The van der Waals surface area contributed by atoms with Crippen LogP contribution in [0.25, 0.3) is 10.8 Å². The number of halogens is 1. The molecule has 5 aromatic rings. The molecular formula is C33H27ClN2O3. The van der Waals surface area contributed by atoms with Gasteiger partial charge in [0.25, 0.3) is 5.91 Å². The Hall–Kier alpha value is -4.61. The molecule has 39 heavy (non-hydrogen) atoms. The third-order valence-corrected chi connectivity index (χ3v) is 6.49. The van der Waals surface area contributed by atoms with E-state index in [1.807, 2.05) is 72.8 Å². The number of benzene rings is 5. The second kappa shape index (κ2) is 12.3. The lowest BCUT2D eigenvalue weighted by Gasteiger charge is -2.12. The minimum atomic E-state index is -0.319. The van der Waals surface area contributed by atoms with Crippen molar-refractivity contribution in [2.45, 2.75) is 20.1 Å². The Labute approximate surface area is 232 Å². The summed E-state index contributed by atoms with van der Waals surface area (Å²) < 4.78 is 12.0. The fourth-order valence-corrected chi connectivity index (χ4v) is 4.18. The molecule has 5 nitrogen and oxygen atoms in total. The maximum Gasteiger partial charge on any atom is 0.271 e. The molecule has 0 aliphatic rings. The van der Waals surface area contributed by atoms with Gasteiger partial charge in [0.15, 0.2) is 0 Å². The van der Waals surface area contributed by atoms with Gasteiger partial charge in [-0.15, -0.1) is 0 Å². The molecule has 0 aromatic heterocycles. The molecule has 0 saturated carbocycles. The number of nitrogens with zero attached hydrogens (tertiary/aromatic N) is 1. The summed E-state index contributed by atoms with van der Waals surface area (Å²) in [5.74, 6) is 1.03. The molecule has 0 unspecified atom stereocenters. The molecule has 6 heteroatoms. The van der Waals surface area contributed by atoms with Crippen molar-refractivity contribution in [2.75, 3.05) is 0 Å². The Morgan fingerprint density at radius 3 is 2.21 bits per heavy atom. The fourth-order valence-electron chi connectivity index (χ4n) is 4.05. The third-order valence-electron chi connectivity index (χ3n) is 6.24. The number of carbonyl (C=O) groups excluding carboxylic acids is 1. The van der Waals surface area contributed by atoms with Gasteiger partial charge in [-0.25, -0.2) is 5.43 Å². The van der Waals surface area contributed by atoms with Crippen LogP contribution in [0.15, 0.2) is 114 Å². The Balaban J connectivity index is 1.25. The highest BCUT2D eigenvalue weighted by Crippen LogP contribution is 2.27. The van der Waals surface area contributed by atoms with Gasteiger partial charge >= 0.3 is 0 Å². The van der Waals surface area contributed by atoms with E-state index in [1.165, 1.54) is 5.56 Å². The molecule has 0 fully saturated rings. The van der Waals surface area contributed by atoms with Crippen molar-refractivity contribution in [1.29, 1.82) is 0 Å². The summed E-state index contributed by atoms with van der Waals surface area (Å²) in [4.78, 5) is 12.7. The standard InChI is InChI=1S/C33H27ClN2O3/c1-23-6-8-24(9-7-23)21-38-29-17-12-27(13-18-29)33(37)36-35-20-31-30-5-3-2-4-26(30)14-19-32(31)39-22-25-10-15-28(34)16-11-25/h2-20H,21-22H2,1H3,(H,36,37). The molecule has 0 spiro atoms. The number of nitrogens with one attached hydrogen (secondary N) is 1. The second-order valence-electron chi connectivity index (χ2n) is 9.11. The van der Waals surface area contributed by atoms with Crippen LogP contribution >= 0.6 is 11.6 Å². The number of ether oxygens (including phenoxy) is 2. The van der Waals surface area contributed by atoms with Crippen LogP contribution in [0.5, 0.6) is 11.5 Å². The quantitative estimate of drug-likeness (QED) is 0.155. The van der Waals surface area contributed by atoms with Crippen LogP contribution in [0.2, 0.25) is 5.02 Å². The highest BCUT2D eigenvalue weighted by molar-refractivity contribution is 6.30. The summed E-state index contributed by atoms with van der Waals surface area (Å²) in [5, 5.41) is 6.94. The maximum atomic E-state index is 12.7. The molecule has 0 radical (unpaired) electrons. The molecule has 194 valence electrons. The predicted octanol–water partition coefficient (Wildman–Crippen LogP) is 7.72. The topological polar surface area (TPSA) is 59.9 Å². The average molecular weight is 535 g/mol. The van der Waals surface area contributed by atoms with E-state index >= 15 is 0 Å². The predicted molar refractivity (Wildman–Crippen MR) is 157 cm³/mol. The maximum absolute atomic E-state index is 12.7.